The summed E-state index contributed by atoms with van der Waals surface area (Å²) in [5, 5.41) is 28.0. The molecule has 0 aromatic heterocycles. The Morgan fingerprint density at radius 2 is 1.89 bits per heavy atom. The lowest BCUT2D eigenvalue weighted by Crippen LogP contribution is -2.30. The van der Waals surface area contributed by atoms with Gasteiger partial charge in [-0.25, -0.2) is 4.79 Å². The molecule has 0 spiro atoms. The Bertz CT molecular complexity index is 472. The normalized spacial score (nSPS) is 14.8. The van der Waals surface area contributed by atoms with Crippen LogP contribution in [0, 0.1) is 0 Å². The predicted octanol–water partition coefficient (Wildman–Crippen LogP) is 0.978. The van der Waals surface area contributed by atoms with Gasteiger partial charge in [-0.05, 0) is 17.7 Å². The van der Waals surface area contributed by atoms with Crippen LogP contribution in [0.2, 0.25) is 0 Å². The van der Waals surface area contributed by atoms with Crippen LogP contribution in [-0.2, 0) is 15.7 Å². The Labute approximate surface area is 105 Å². The first-order valence-corrected chi connectivity index (χ1v) is 5.02. The number of ether oxygens (including phenoxy) is 1. The fourth-order valence-corrected chi connectivity index (χ4v) is 1.47. The summed E-state index contributed by atoms with van der Waals surface area (Å²) >= 11 is 0. The van der Waals surface area contributed by atoms with Gasteiger partial charge in [-0.1, -0.05) is 6.07 Å². The van der Waals surface area contributed by atoms with E-state index in [1.54, 1.807) is 0 Å². The van der Waals surface area contributed by atoms with E-state index in [1.165, 1.54) is 0 Å². The molecule has 1 aromatic carbocycles. The Kier molecular flexibility index (Phi) is 4.38. The molecule has 2 atom stereocenters. The summed E-state index contributed by atoms with van der Waals surface area (Å²) in [4.78, 5) is 11.0. The van der Waals surface area contributed by atoms with Gasteiger partial charge < -0.3 is 20.1 Å². The van der Waals surface area contributed by atoms with Crippen molar-refractivity contribution in [2.45, 2.75) is 18.4 Å². The van der Waals surface area contributed by atoms with Crippen molar-refractivity contribution in [3.05, 3.63) is 29.3 Å². The Hall–Kier alpha value is -1.80. The first-order chi connectivity index (χ1) is 8.68. The molecule has 19 heavy (non-hydrogen) atoms. The molecular weight excluding hydrogens is 269 g/mol. The van der Waals surface area contributed by atoms with E-state index in [9.17, 15) is 28.2 Å². The summed E-state index contributed by atoms with van der Waals surface area (Å²) in [6, 6.07) is 2.06. The van der Waals surface area contributed by atoms with E-state index >= 15 is 0 Å². The predicted molar refractivity (Wildman–Crippen MR) is 56.1 cm³/mol. The van der Waals surface area contributed by atoms with E-state index in [0.29, 0.717) is 6.07 Å². The van der Waals surface area contributed by atoms with Gasteiger partial charge in [-0.2, -0.15) is 13.2 Å². The van der Waals surface area contributed by atoms with Crippen LogP contribution in [0.25, 0.3) is 0 Å². The number of aliphatic hydroxyl groups excluding tert-OH is 2. The summed E-state index contributed by atoms with van der Waals surface area (Å²) in [7, 11) is 0.916. The van der Waals surface area contributed by atoms with Gasteiger partial charge in [0.05, 0.1) is 12.7 Å². The van der Waals surface area contributed by atoms with Crippen LogP contribution < -0.4 is 0 Å². The number of halogens is 3. The van der Waals surface area contributed by atoms with Crippen LogP contribution in [0.3, 0.4) is 0 Å². The molecule has 8 heteroatoms. The van der Waals surface area contributed by atoms with Crippen LogP contribution in [0.5, 0.6) is 5.75 Å². The van der Waals surface area contributed by atoms with Crippen molar-refractivity contribution in [2.24, 2.45) is 0 Å². The number of benzene rings is 1. The fourth-order valence-electron chi connectivity index (χ4n) is 1.47. The summed E-state index contributed by atoms with van der Waals surface area (Å²) < 4.78 is 42.3. The zero-order valence-corrected chi connectivity index (χ0v) is 9.68. The minimum absolute atomic E-state index is 0.391. The number of hydrogen-bond donors (Lipinski definition) is 3. The highest BCUT2D eigenvalue weighted by atomic mass is 19.4. The molecule has 0 aliphatic heterocycles. The second-order valence-corrected chi connectivity index (χ2v) is 3.68. The minimum Gasteiger partial charge on any atom is -0.508 e. The fraction of sp³-hybridized carbons (Fsp3) is 0.364. The lowest BCUT2D eigenvalue weighted by molar-refractivity contribution is -0.158. The van der Waals surface area contributed by atoms with Crippen molar-refractivity contribution < 1.29 is 38.0 Å². The van der Waals surface area contributed by atoms with E-state index in [4.69, 9.17) is 5.11 Å². The quantitative estimate of drug-likeness (QED) is 0.718. The number of alkyl halides is 3. The number of rotatable bonds is 3. The Balaban J connectivity index is 3.23. The molecule has 106 valence electrons. The number of aliphatic hydroxyl groups is 2. The smallest absolute Gasteiger partial charge is 0.416 e. The van der Waals surface area contributed by atoms with Gasteiger partial charge in [0.25, 0.3) is 0 Å². The van der Waals surface area contributed by atoms with Gasteiger partial charge in [0, 0.05) is 0 Å². The molecule has 0 saturated carbocycles. The van der Waals surface area contributed by atoms with Gasteiger partial charge in [0.15, 0.2) is 6.10 Å². The van der Waals surface area contributed by atoms with Crippen molar-refractivity contribution in [3.63, 3.8) is 0 Å². The molecule has 1 rings (SSSR count). The lowest BCUT2D eigenvalue weighted by Gasteiger charge is -2.20. The van der Waals surface area contributed by atoms with E-state index in [2.05, 4.69) is 4.74 Å². The van der Waals surface area contributed by atoms with Crippen LogP contribution in [0.4, 0.5) is 13.2 Å². The number of esters is 1. The van der Waals surface area contributed by atoms with Crippen LogP contribution >= 0.6 is 0 Å². The van der Waals surface area contributed by atoms with Crippen molar-refractivity contribution in [2.75, 3.05) is 7.11 Å². The summed E-state index contributed by atoms with van der Waals surface area (Å²) in [6.07, 6.45) is -9.13. The van der Waals surface area contributed by atoms with Gasteiger partial charge >= 0.3 is 12.1 Å². The number of methoxy groups -OCH3 is 1. The number of phenolic OH excluding ortho intramolecular Hbond substituents is 1. The molecule has 5 nitrogen and oxygen atoms in total. The molecule has 0 saturated heterocycles. The molecule has 0 heterocycles. The van der Waals surface area contributed by atoms with Gasteiger partial charge in [-0.15, -0.1) is 0 Å². The SMILES string of the molecule is COC(=O)C(O)C(O)c1ccc(O)cc1C(F)(F)F. The van der Waals surface area contributed by atoms with E-state index < -0.39 is 41.2 Å². The molecule has 0 aliphatic carbocycles. The third kappa shape index (κ3) is 3.36. The Morgan fingerprint density at radius 3 is 2.37 bits per heavy atom. The second-order valence-electron chi connectivity index (χ2n) is 3.68. The summed E-state index contributed by atoms with van der Waals surface area (Å²) in [6.45, 7) is 0. The van der Waals surface area contributed by atoms with Crippen molar-refractivity contribution in [1.29, 1.82) is 0 Å². The third-order valence-corrected chi connectivity index (χ3v) is 2.40. The zero-order chi connectivity index (χ0) is 14.8. The van der Waals surface area contributed by atoms with Gasteiger partial charge in [0.1, 0.15) is 11.9 Å². The van der Waals surface area contributed by atoms with E-state index in [0.717, 1.165) is 19.2 Å². The molecule has 2 unspecified atom stereocenters. The monoisotopic (exact) mass is 280 g/mol. The van der Waals surface area contributed by atoms with Crippen molar-refractivity contribution >= 4 is 5.97 Å². The lowest BCUT2D eigenvalue weighted by atomic mass is 9.98. The number of aromatic hydroxyl groups is 1. The highest BCUT2D eigenvalue weighted by Crippen LogP contribution is 2.37. The topological polar surface area (TPSA) is 87.0 Å². The maximum Gasteiger partial charge on any atom is 0.416 e. The molecule has 3 N–H and O–H groups in total. The molecule has 0 aliphatic rings. The number of carbonyl (C=O) groups excluding carboxylic acids is 1. The van der Waals surface area contributed by atoms with Crippen molar-refractivity contribution in [3.8, 4) is 5.75 Å². The molecule has 0 amide bonds. The maximum absolute atomic E-state index is 12.7. The van der Waals surface area contributed by atoms with Crippen LogP contribution in [0.1, 0.15) is 17.2 Å². The molecular formula is C11H11F3O5. The maximum atomic E-state index is 12.7. The first-order valence-electron chi connectivity index (χ1n) is 5.02. The van der Waals surface area contributed by atoms with Gasteiger partial charge in [-0.3, -0.25) is 0 Å². The second kappa shape index (κ2) is 5.45. The van der Waals surface area contributed by atoms with E-state index in [1.807, 2.05) is 0 Å². The number of phenols is 1. The molecule has 0 fully saturated rings. The Morgan fingerprint density at radius 1 is 1.32 bits per heavy atom. The molecule has 0 bridgehead atoms. The van der Waals surface area contributed by atoms with Gasteiger partial charge in [0.2, 0.25) is 0 Å². The largest absolute Gasteiger partial charge is 0.508 e. The van der Waals surface area contributed by atoms with Crippen LogP contribution in [-0.4, -0.2) is 34.5 Å². The summed E-state index contributed by atoms with van der Waals surface area (Å²) in [5.41, 5.74) is -2.08. The average Bonchev–Trinajstić information content (AvgIpc) is 2.35. The van der Waals surface area contributed by atoms with Crippen molar-refractivity contribution in [1.82, 2.24) is 0 Å². The van der Waals surface area contributed by atoms with E-state index in [-0.39, 0.29) is 0 Å². The minimum atomic E-state index is -4.86. The first kappa shape index (κ1) is 15.3. The highest BCUT2D eigenvalue weighted by molar-refractivity contribution is 5.75. The third-order valence-electron chi connectivity index (χ3n) is 2.40. The highest BCUT2D eigenvalue weighted by Gasteiger charge is 2.38. The van der Waals surface area contributed by atoms with Crippen LogP contribution in [0.15, 0.2) is 18.2 Å². The molecule has 1 aromatic rings. The standard InChI is InChI=1S/C11H11F3O5/c1-19-10(18)9(17)8(16)6-3-2-5(15)4-7(6)11(12,13)14/h2-4,8-9,15-17H,1H3. The summed E-state index contributed by atoms with van der Waals surface area (Å²) in [5.74, 6) is -1.93. The average molecular weight is 280 g/mol. The molecule has 0 radical (unpaired) electrons. The number of carbonyl (C=O) groups is 1. The zero-order valence-electron chi connectivity index (χ0n) is 9.68. The number of hydrogen-bond acceptors (Lipinski definition) is 5.